The SMILES string of the molecule is O=[N+]([O-])c1ccc(Sc2ccc(Cl)cc2)cc1C(F)(F)F. The maximum atomic E-state index is 12.8. The summed E-state index contributed by atoms with van der Waals surface area (Å²) in [5.41, 5.74) is -2.21. The molecule has 21 heavy (non-hydrogen) atoms. The molecule has 0 saturated carbocycles. The van der Waals surface area contributed by atoms with Crippen LogP contribution in [0.5, 0.6) is 0 Å². The second-order valence-electron chi connectivity index (χ2n) is 3.99. The number of alkyl halides is 3. The zero-order valence-corrected chi connectivity index (χ0v) is 11.8. The van der Waals surface area contributed by atoms with E-state index in [1.807, 2.05) is 0 Å². The van der Waals surface area contributed by atoms with Crippen LogP contribution < -0.4 is 0 Å². The fourth-order valence-corrected chi connectivity index (χ4v) is 2.59. The van der Waals surface area contributed by atoms with Crippen LogP contribution in [0.3, 0.4) is 0 Å². The Morgan fingerprint density at radius 1 is 1.05 bits per heavy atom. The number of benzene rings is 2. The third kappa shape index (κ3) is 3.89. The standard InChI is InChI=1S/C13H7ClF3NO2S/c14-8-1-3-9(4-2-8)21-10-5-6-12(18(19)20)11(7-10)13(15,16)17/h1-7H. The highest BCUT2D eigenvalue weighted by Gasteiger charge is 2.38. The minimum absolute atomic E-state index is 0.259. The maximum absolute atomic E-state index is 12.8. The lowest BCUT2D eigenvalue weighted by Gasteiger charge is -2.09. The summed E-state index contributed by atoms with van der Waals surface area (Å²) in [4.78, 5) is 10.6. The smallest absolute Gasteiger partial charge is 0.258 e. The van der Waals surface area contributed by atoms with Crippen molar-refractivity contribution in [2.75, 3.05) is 0 Å². The molecule has 0 fully saturated rings. The van der Waals surface area contributed by atoms with Crippen molar-refractivity contribution in [2.45, 2.75) is 16.0 Å². The first kappa shape index (κ1) is 15.7. The molecule has 0 bridgehead atoms. The van der Waals surface area contributed by atoms with Gasteiger partial charge in [0.1, 0.15) is 5.56 Å². The first-order chi connectivity index (χ1) is 9.77. The largest absolute Gasteiger partial charge is 0.423 e. The van der Waals surface area contributed by atoms with Crippen molar-refractivity contribution < 1.29 is 18.1 Å². The van der Waals surface area contributed by atoms with Crippen LogP contribution in [-0.2, 0) is 6.18 Å². The summed E-state index contributed by atoms with van der Waals surface area (Å²) in [5.74, 6) is 0. The summed E-state index contributed by atoms with van der Waals surface area (Å²) in [6.07, 6.45) is -4.78. The molecular weight excluding hydrogens is 327 g/mol. The quantitative estimate of drug-likeness (QED) is 0.556. The summed E-state index contributed by atoms with van der Waals surface area (Å²) < 4.78 is 38.5. The number of nitro benzene ring substituents is 1. The molecule has 0 aromatic heterocycles. The van der Waals surface area contributed by atoms with E-state index >= 15 is 0 Å². The number of nitrogens with zero attached hydrogens (tertiary/aromatic N) is 1. The molecule has 0 heterocycles. The van der Waals surface area contributed by atoms with Crippen LogP contribution in [-0.4, -0.2) is 4.92 Å². The molecule has 0 spiro atoms. The van der Waals surface area contributed by atoms with E-state index in [0.717, 1.165) is 23.9 Å². The Hall–Kier alpha value is -1.73. The van der Waals surface area contributed by atoms with Gasteiger partial charge in [-0.05, 0) is 36.4 Å². The minimum atomic E-state index is -4.78. The Morgan fingerprint density at radius 3 is 2.14 bits per heavy atom. The Kier molecular flexibility index (Phi) is 4.43. The second-order valence-corrected chi connectivity index (χ2v) is 5.57. The van der Waals surface area contributed by atoms with Gasteiger partial charge in [0, 0.05) is 20.9 Å². The van der Waals surface area contributed by atoms with E-state index in [9.17, 15) is 23.3 Å². The van der Waals surface area contributed by atoms with Gasteiger partial charge in [-0.3, -0.25) is 10.1 Å². The molecule has 3 nitrogen and oxygen atoms in total. The Labute approximate surface area is 126 Å². The van der Waals surface area contributed by atoms with Crippen LogP contribution in [0.4, 0.5) is 18.9 Å². The van der Waals surface area contributed by atoms with Gasteiger partial charge in [-0.2, -0.15) is 13.2 Å². The van der Waals surface area contributed by atoms with Gasteiger partial charge in [0.2, 0.25) is 0 Å². The maximum Gasteiger partial charge on any atom is 0.423 e. The molecule has 0 aliphatic heterocycles. The van der Waals surface area contributed by atoms with Crippen LogP contribution in [0.25, 0.3) is 0 Å². The molecule has 2 aromatic rings. The number of hydrogen-bond acceptors (Lipinski definition) is 3. The first-order valence-electron chi connectivity index (χ1n) is 5.56. The average molecular weight is 334 g/mol. The summed E-state index contributed by atoms with van der Waals surface area (Å²) in [7, 11) is 0. The van der Waals surface area contributed by atoms with Crippen molar-refractivity contribution in [3.8, 4) is 0 Å². The van der Waals surface area contributed by atoms with Crippen molar-refractivity contribution >= 4 is 29.1 Å². The summed E-state index contributed by atoms with van der Waals surface area (Å²) >= 11 is 6.79. The lowest BCUT2D eigenvalue weighted by molar-refractivity contribution is -0.388. The summed E-state index contributed by atoms with van der Waals surface area (Å²) in [5, 5.41) is 11.2. The van der Waals surface area contributed by atoms with Crippen LogP contribution in [0, 0.1) is 10.1 Å². The highest BCUT2D eigenvalue weighted by atomic mass is 35.5. The van der Waals surface area contributed by atoms with E-state index in [-0.39, 0.29) is 4.90 Å². The molecule has 0 atom stereocenters. The fraction of sp³-hybridized carbons (Fsp3) is 0.0769. The van der Waals surface area contributed by atoms with Crippen molar-refractivity contribution in [3.05, 3.63) is 63.2 Å². The molecule has 0 aliphatic carbocycles. The summed E-state index contributed by atoms with van der Waals surface area (Å²) in [6, 6.07) is 9.45. The van der Waals surface area contributed by atoms with Crippen molar-refractivity contribution in [1.82, 2.24) is 0 Å². The molecule has 0 N–H and O–H groups in total. The molecule has 0 aliphatic rings. The van der Waals surface area contributed by atoms with Gasteiger partial charge in [-0.1, -0.05) is 23.4 Å². The molecule has 0 amide bonds. The minimum Gasteiger partial charge on any atom is -0.258 e. The van der Waals surface area contributed by atoms with E-state index in [2.05, 4.69) is 0 Å². The summed E-state index contributed by atoms with van der Waals surface area (Å²) in [6.45, 7) is 0. The monoisotopic (exact) mass is 333 g/mol. The van der Waals surface area contributed by atoms with E-state index in [0.29, 0.717) is 9.92 Å². The molecule has 0 radical (unpaired) electrons. The van der Waals surface area contributed by atoms with Crippen LogP contribution in [0.1, 0.15) is 5.56 Å². The van der Waals surface area contributed by atoms with Crippen molar-refractivity contribution in [1.29, 1.82) is 0 Å². The predicted molar refractivity (Wildman–Crippen MR) is 73.7 cm³/mol. The van der Waals surface area contributed by atoms with Crippen LogP contribution in [0.15, 0.2) is 52.3 Å². The van der Waals surface area contributed by atoms with Gasteiger partial charge >= 0.3 is 6.18 Å². The van der Waals surface area contributed by atoms with Crippen LogP contribution in [0.2, 0.25) is 5.02 Å². The number of halogens is 4. The zero-order chi connectivity index (χ0) is 15.6. The highest BCUT2D eigenvalue weighted by Crippen LogP contribution is 2.39. The van der Waals surface area contributed by atoms with E-state index < -0.39 is 22.4 Å². The molecule has 2 aromatic carbocycles. The van der Waals surface area contributed by atoms with E-state index in [4.69, 9.17) is 11.6 Å². The average Bonchev–Trinajstić information content (AvgIpc) is 2.40. The van der Waals surface area contributed by atoms with E-state index in [1.54, 1.807) is 24.3 Å². The van der Waals surface area contributed by atoms with Crippen molar-refractivity contribution in [2.24, 2.45) is 0 Å². The Morgan fingerprint density at radius 2 is 1.62 bits per heavy atom. The van der Waals surface area contributed by atoms with Gasteiger partial charge in [-0.15, -0.1) is 0 Å². The number of nitro groups is 1. The van der Waals surface area contributed by atoms with Gasteiger partial charge in [0.15, 0.2) is 0 Å². The van der Waals surface area contributed by atoms with Crippen molar-refractivity contribution in [3.63, 3.8) is 0 Å². The molecule has 0 unspecified atom stereocenters. The topological polar surface area (TPSA) is 43.1 Å². The predicted octanol–water partition coefficient (Wildman–Crippen LogP) is 5.42. The number of rotatable bonds is 3. The third-order valence-corrected chi connectivity index (χ3v) is 3.77. The second kappa shape index (κ2) is 5.95. The zero-order valence-electron chi connectivity index (χ0n) is 10.2. The van der Waals surface area contributed by atoms with Gasteiger partial charge < -0.3 is 0 Å². The molecule has 2 rings (SSSR count). The normalized spacial score (nSPS) is 11.4. The first-order valence-corrected chi connectivity index (χ1v) is 6.76. The third-order valence-electron chi connectivity index (χ3n) is 2.52. The highest BCUT2D eigenvalue weighted by molar-refractivity contribution is 7.99. The number of hydrogen-bond donors (Lipinski definition) is 0. The fourth-order valence-electron chi connectivity index (χ4n) is 1.60. The van der Waals surface area contributed by atoms with Gasteiger partial charge in [0.05, 0.1) is 4.92 Å². The molecule has 110 valence electrons. The van der Waals surface area contributed by atoms with Gasteiger partial charge in [-0.25, -0.2) is 0 Å². The molecule has 8 heteroatoms. The molecular formula is C13H7ClF3NO2S. The molecule has 0 saturated heterocycles. The van der Waals surface area contributed by atoms with Gasteiger partial charge in [0.25, 0.3) is 5.69 Å². The lowest BCUT2D eigenvalue weighted by Crippen LogP contribution is -2.08. The lowest BCUT2D eigenvalue weighted by atomic mass is 10.2. The Balaban J connectivity index is 2.38. The van der Waals surface area contributed by atoms with E-state index in [1.165, 1.54) is 6.07 Å². The van der Waals surface area contributed by atoms with Crippen LogP contribution >= 0.6 is 23.4 Å². The Bertz CT molecular complexity index is 674.